The number of carboxylic acids is 1. The number of halogens is 1. The predicted molar refractivity (Wildman–Crippen MR) is 64.6 cm³/mol. The molecule has 0 aliphatic carbocycles. The number of nitrogens with one attached hydrogen (secondary N) is 2. The fraction of sp³-hybridized carbons (Fsp3) is 0.273. The van der Waals surface area contributed by atoms with Crippen molar-refractivity contribution in [2.75, 3.05) is 6.54 Å². The lowest BCUT2D eigenvalue weighted by atomic mass is 10.1. The van der Waals surface area contributed by atoms with Gasteiger partial charge in [-0.1, -0.05) is 18.2 Å². The van der Waals surface area contributed by atoms with Gasteiger partial charge in [-0.25, -0.2) is 4.79 Å². The summed E-state index contributed by atoms with van der Waals surface area (Å²) in [5, 5.41) is 11.8. The largest absolute Gasteiger partial charge is 0.477 e. The number of aromatic carboxylic acids is 1. The number of aromatic amines is 1. The zero-order valence-corrected chi connectivity index (χ0v) is 10.3. The number of aromatic nitrogens is 1. The highest BCUT2D eigenvalue weighted by atomic mass is 35.5. The van der Waals surface area contributed by atoms with Gasteiger partial charge in [0.05, 0.1) is 12.1 Å². The Hall–Kier alpha value is -1.75. The van der Waals surface area contributed by atoms with Gasteiger partial charge in [-0.3, -0.25) is 4.79 Å². The maximum atomic E-state index is 11.8. The highest BCUT2D eigenvalue weighted by Gasteiger charge is 2.21. The molecule has 92 valence electrons. The molecule has 0 radical (unpaired) electrons. The van der Waals surface area contributed by atoms with E-state index in [1.165, 1.54) is 0 Å². The minimum absolute atomic E-state index is 0.0253. The monoisotopic (exact) mass is 256 g/mol. The second-order valence-corrected chi connectivity index (χ2v) is 4.16. The molecular formula is C11H13ClN2O3. The average Bonchev–Trinajstić information content (AvgIpc) is 2.51. The van der Waals surface area contributed by atoms with E-state index in [1.54, 1.807) is 13.8 Å². The van der Waals surface area contributed by atoms with E-state index in [1.807, 2.05) is 0 Å². The van der Waals surface area contributed by atoms with Crippen molar-refractivity contribution < 1.29 is 14.7 Å². The molecule has 3 N–H and O–H groups in total. The number of aryl methyl sites for hydroxylation is 1. The minimum Gasteiger partial charge on any atom is -0.477 e. The molecule has 1 heterocycles. The third-order valence-corrected chi connectivity index (χ3v) is 2.45. The first kappa shape index (κ1) is 13.3. The molecule has 0 spiro atoms. The van der Waals surface area contributed by atoms with Crippen LogP contribution in [0.1, 0.15) is 32.1 Å². The molecule has 1 amide bonds. The topological polar surface area (TPSA) is 82.2 Å². The number of amides is 1. The van der Waals surface area contributed by atoms with Gasteiger partial charge in [-0.15, -0.1) is 0 Å². The van der Waals surface area contributed by atoms with Crippen LogP contribution in [0.4, 0.5) is 0 Å². The number of rotatable bonds is 4. The number of hydrogen-bond acceptors (Lipinski definition) is 2. The summed E-state index contributed by atoms with van der Waals surface area (Å²) < 4.78 is 0. The molecule has 1 rings (SSSR count). The molecule has 0 saturated carbocycles. The molecule has 17 heavy (non-hydrogen) atoms. The summed E-state index contributed by atoms with van der Waals surface area (Å²) in [6.45, 7) is 6.82. The molecule has 0 unspecified atom stereocenters. The van der Waals surface area contributed by atoms with Crippen molar-refractivity contribution in [2.45, 2.75) is 13.8 Å². The molecule has 1 aromatic rings. The lowest BCUT2D eigenvalue weighted by Crippen LogP contribution is -2.25. The van der Waals surface area contributed by atoms with Crippen LogP contribution in [0.3, 0.4) is 0 Å². The van der Waals surface area contributed by atoms with Crippen molar-refractivity contribution in [3.8, 4) is 0 Å². The van der Waals surface area contributed by atoms with Crippen molar-refractivity contribution in [1.82, 2.24) is 10.3 Å². The van der Waals surface area contributed by atoms with Crippen molar-refractivity contribution in [3.05, 3.63) is 34.1 Å². The molecule has 1 aromatic heterocycles. The fourth-order valence-electron chi connectivity index (χ4n) is 1.57. The first-order valence-corrected chi connectivity index (χ1v) is 5.26. The van der Waals surface area contributed by atoms with Gasteiger partial charge < -0.3 is 15.4 Å². The van der Waals surface area contributed by atoms with Gasteiger partial charge in [0.2, 0.25) is 0 Å². The Bertz CT molecular complexity index is 491. The molecule has 0 saturated heterocycles. The van der Waals surface area contributed by atoms with Crippen molar-refractivity contribution in [1.29, 1.82) is 0 Å². The van der Waals surface area contributed by atoms with Crippen LogP contribution in [-0.2, 0) is 0 Å². The molecule has 0 aromatic carbocycles. The highest BCUT2D eigenvalue weighted by Crippen LogP contribution is 2.17. The number of carbonyl (C=O) groups excluding carboxylic acids is 1. The maximum Gasteiger partial charge on any atom is 0.352 e. The van der Waals surface area contributed by atoms with E-state index in [2.05, 4.69) is 16.9 Å². The SMILES string of the molecule is C=C(Cl)CNC(=O)c1c(C)[nH]c(C(=O)O)c1C. The van der Waals surface area contributed by atoms with Gasteiger partial charge in [0.25, 0.3) is 5.91 Å². The van der Waals surface area contributed by atoms with Crippen LogP contribution in [0.2, 0.25) is 0 Å². The normalized spacial score (nSPS) is 10.1. The van der Waals surface area contributed by atoms with Crippen LogP contribution in [0.25, 0.3) is 0 Å². The fourth-order valence-corrected chi connectivity index (χ4v) is 1.64. The van der Waals surface area contributed by atoms with Crippen LogP contribution in [0.5, 0.6) is 0 Å². The van der Waals surface area contributed by atoms with Crippen molar-refractivity contribution in [3.63, 3.8) is 0 Å². The van der Waals surface area contributed by atoms with Gasteiger partial charge in [-0.05, 0) is 19.4 Å². The standard InChI is InChI=1S/C11H13ClN2O3/c1-5(12)4-13-10(15)8-6(2)9(11(16)17)14-7(8)3/h14H,1,4H2,2-3H3,(H,13,15)(H,16,17). The Morgan fingerprint density at radius 3 is 2.47 bits per heavy atom. The maximum absolute atomic E-state index is 11.8. The van der Waals surface area contributed by atoms with Crippen LogP contribution >= 0.6 is 11.6 Å². The summed E-state index contributed by atoms with van der Waals surface area (Å²) in [7, 11) is 0. The Labute approximate surface area is 103 Å². The lowest BCUT2D eigenvalue weighted by molar-refractivity contribution is 0.0690. The van der Waals surface area contributed by atoms with Gasteiger partial charge in [-0.2, -0.15) is 0 Å². The molecule has 6 heteroatoms. The Balaban J connectivity index is 3.02. The third-order valence-electron chi connectivity index (χ3n) is 2.32. The average molecular weight is 257 g/mol. The van der Waals surface area contributed by atoms with E-state index in [0.717, 1.165) is 0 Å². The van der Waals surface area contributed by atoms with E-state index in [-0.39, 0.29) is 18.1 Å². The minimum atomic E-state index is -1.09. The van der Waals surface area contributed by atoms with E-state index < -0.39 is 5.97 Å². The van der Waals surface area contributed by atoms with E-state index >= 15 is 0 Å². The summed E-state index contributed by atoms with van der Waals surface area (Å²) in [6.07, 6.45) is 0. The number of H-pyrrole nitrogens is 1. The Kier molecular flexibility index (Phi) is 3.96. The molecular weight excluding hydrogens is 244 g/mol. The van der Waals surface area contributed by atoms with Crippen molar-refractivity contribution in [2.24, 2.45) is 0 Å². The Morgan fingerprint density at radius 1 is 1.47 bits per heavy atom. The van der Waals surface area contributed by atoms with Crippen LogP contribution < -0.4 is 5.32 Å². The molecule has 0 fully saturated rings. The zero-order valence-electron chi connectivity index (χ0n) is 9.56. The summed E-state index contributed by atoms with van der Waals surface area (Å²) >= 11 is 5.53. The summed E-state index contributed by atoms with van der Waals surface area (Å²) in [4.78, 5) is 25.3. The summed E-state index contributed by atoms with van der Waals surface area (Å²) in [6, 6.07) is 0. The smallest absolute Gasteiger partial charge is 0.352 e. The van der Waals surface area contributed by atoms with Crippen molar-refractivity contribution >= 4 is 23.5 Å². The second-order valence-electron chi connectivity index (χ2n) is 3.63. The summed E-state index contributed by atoms with van der Waals surface area (Å²) in [5.74, 6) is -1.46. The molecule has 0 bridgehead atoms. The van der Waals surface area contributed by atoms with Gasteiger partial charge in [0, 0.05) is 10.7 Å². The molecule has 0 atom stereocenters. The third kappa shape index (κ3) is 2.88. The number of carbonyl (C=O) groups is 2. The first-order valence-electron chi connectivity index (χ1n) is 4.88. The second kappa shape index (κ2) is 5.05. The van der Waals surface area contributed by atoms with Crippen LogP contribution in [0, 0.1) is 13.8 Å². The Morgan fingerprint density at radius 2 is 2.06 bits per heavy atom. The molecule has 0 aliphatic rings. The number of carboxylic acid groups (broad SMARTS) is 1. The van der Waals surface area contributed by atoms with E-state index in [9.17, 15) is 9.59 Å². The molecule has 0 aliphatic heterocycles. The van der Waals surface area contributed by atoms with E-state index in [4.69, 9.17) is 16.7 Å². The van der Waals surface area contributed by atoms with Gasteiger partial charge in [0.15, 0.2) is 0 Å². The summed E-state index contributed by atoms with van der Waals surface area (Å²) in [5.41, 5.74) is 1.28. The van der Waals surface area contributed by atoms with Crippen LogP contribution in [-0.4, -0.2) is 28.5 Å². The highest BCUT2D eigenvalue weighted by molar-refractivity contribution is 6.29. The molecule has 5 nitrogen and oxygen atoms in total. The number of hydrogen-bond donors (Lipinski definition) is 3. The van der Waals surface area contributed by atoms with Crippen LogP contribution in [0.15, 0.2) is 11.6 Å². The first-order chi connectivity index (χ1) is 7.84. The van der Waals surface area contributed by atoms with Gasteiger partial charge in [0.1, 0.15) is 5.69 Å². The zero-order chi connectivity index (χ0) is 13.2. The van der Waals surface area contributed by atoms with Gasteiger partial charge >= 0.3 is 5.97 Å². The quantitative estimate of drug-likeness (QED) is 0.768. The lowest BCUT2D eigenvalue weighted by Gasteiger charge is -2.04. The predicted octanol–water partition coefficient (Wildman–Crippen LogP) is 1.81. The van der Waals surface area contributed by atoms with E-state index in [0.29, 0.717) is 21.9 Å².